The van der Waals surface area contributed by atoms with Crippen LogP contribution in [0.5, 0.6) is 5.75 Å². The molecule has 1 unspecified atom stereocenters. The number of ether oxygens (including phenoxy) is 1. The first kappa shape index (κ1) is 16.5. The SMILES string of the molecule is CNC(C)Cc1noc(COc2ccc(C(C)(C)C)cc2)n1. The van der Waals surface area contributed by atoms with Gasteiger partial charge in [0.1, 0.15) is 5.75 Å². The molecule has 22 heavy (non-hydrogen) atoms. The summed E-state index contributed by atoms with van der Waals surface area (Å²) in [6.45, 7) is 8.93. The van der Waals surface area contributed by atoms with Gasteiger partial charge >= 0.3 is 0 Å². The Hall–Kier alpha value is -1.88. The average molecular weight is 303 g/mol. The molecule has 0 saturated carbocycles. The number of nitrogens with one attached hydrogen (secondary N) is 1. The maximum Gasteiger partial charge on any atom is 0.264 e. The van der Waals surface area contributed by atoms with Crippen molar-refractivity contribution in [2.24, 2.45) is 0 Å². The topological polar surface area (TPSA) is 60.2 Å². The number of benzene rings is 1. The highest BCUT2D eigenvalue weighted by atomic mass is 16.5. The van der Waals surface area contributed by atoms with E-state index in [9.17, 15) is 0 Å². The van der Waals surface area contributed by atoms with E-state index in [0.29, 0.717) is 17.8 Å². The maximum absolute atomic E-state index is 5.69. The van der Waals surface area contributed by atoms with E-state index in [1.807, 2.05) is 19.2 Å². The molecule has 5 heteroatoms. The number of nitrogens with zero attached hydrogens (tertiary/aromatic N) is 2. The summed E-state index contributed by atoms with van der Waals surface area (Å²) >= 11 is 0. The Morgan fingerprint density at radius 3 is 2.50 bits per heavy atom. The molecule has 0 radical (unpaired) electrons. The van der Waals surface area contributed by atoms with E-state index in [0.717, 1.165) is 12.2 Å². The van der Waals surface area contributed by atoms with Crippen LogP contribution in [0.1, 0.15) is 45.0 Å². The fraction of sp³-hybridized carbons (Fsp3) is 0.529. The zero-order valence-electron chi connectivity index (χ0n) is 14.0. The summed E-state index contributed by atoms with van der Waals surface area (Å²) in [4.78, 5) is 4.33. The van der Waals surface area contributed by atoms with Crippen molar-refractivity contribution in [2.75, 3.05) is 7.05 Å². The number of likely N-dealkylation sites (N-methyl/N-ethyl adjacent to an activating group) is 1. The van der Waals surface area contributed by atoms with Gasteiger partial charge in [-0.3, -0.25) is 0 Å². The van der Waals surface area contributed by atoms with Gasteiger partial charge in [0, 0.05) is 12.5 Å². The Balaban J connectivity index is 1.90. The molecule has 0 spiro atoms. The van der Waals surface area contributed by atoms with E-state index >= 15 is 0 Å². The van der Waals surface area contributed by atoms with Gasteiger partial charge in [-0.15, -0.1) is 0 Å². The number of hydrogen-bond donors (Lipinski definition) is 1. The first-order valence-electron chi connectivity index (χ1n) is 7.60. The normalized spacial score (nSPS) is 13.1. The average Bonchev–Trinajstić information content (AvgIpc) is 2.92. The van der Waals surface area contributed by atoms with Crippen molar-refractivity contribution >= 4 is 0 Å². The fourth-order valence-electron chi connectivity index (χ4n) is 2.00. The molecule has 1 aromatic heterocycles. The summed E-state index contributed by atoms with van der Waals surface area (Å²) in [6, 6.07) is 8.44. The molecular weight excluding hydrogens is 278 g/mol. The lowest BCUT2D eigenvalue weighted by atomic mass is 9.87. The Kier molecular flexibility index (Phi) is 5.19. The summed E-state index contributed by atoms with van der Waals surface area (Å²) < 4.78 is 10.9. The highest BCUT2D eigenvalue weighted by Crippen LogP contribution is 2.24. The summed E-state index contributed by atoms with van der Waals surface area (Å²) in [5.41, 5.74) is 1.42. The van der Waals surface area contributed by atoms with Crippen molar-refractivity contribution in [3.63, 3.8) is 0 Å². The molecular formula is C17H25N3O2. The van der Waals surface area contributed by atoms with Gasteiger partial charge in [-0.2, -0.15) is 4.98 Å². The quantitative estimate of drug-likeness (QED) is 0.888. The van der Waals surface area contributed by atoms with Crippen LogP contribution < -0.4 is 10.1 Å². The predicted octanol–water partition coefficient (Wildman–Crippen LogP) is 3.10. The second-order valence-corrected chi connectivity index (χ2v) is 6.56. The van der Waals surface area contributed by atoms with Crippen molar-refractivity contribution in [3.8, 4) is 5.75 Å². The Labute approximate surface area is 132 Å². The molecule has 0 aliphatic carbocycles. The summed E-state index contributed by atoms with van der Waals surface area (Å²) in [5, 5.41) is 7.10. The van der Waals surface area contributed by atoms with E-state index in [4.69, 9.17) is 9.26 Å². The Bertz CT molecular complexity index is 585. The monoisotopic (exact) mass is 303 g/mol. The third-order valence-electron chi connectivity index (χ3n) is 3.57. The Morgan fingerprint density at radius 2 is 1.91 bits per heavy atom. The highest BCUT2D eigenvalue weighted by molar-refractivity contribution is 5.31. The molecule has 1 N–H and O–H groups in total. The van der Waals surface area contributed by atoms with E-state index in [-0.39, 0.29) is 12.0 Å². The van der Waals surface area contributed by atoms with Gasteiger partial charge < -0.3 is 14.6 Å². The van der Waals surface area contributed by atoms with Crippen molar-refractivity contribution in [2.45, 2.75) is 52.2 Å². The molecule has 120 valence electrons. The molecule has 0 aliphatic rings. The molecule has 0 aliphatic heterocycles. The van der Waals surface area contributed by atoms with Crippen LogP contribution in [0, 0.1) is 0 Å². The molecule has 2 aromatic rings. The van der Waals surface area contributed by atoms with Gasteiger partial charge in [-0.1, -0.05) is 38.1 Å². The zero-order valence-corrected chi connectivity index (χ0v) is 14.0. The fourth-order valence-corrected chi connectivity index (χ4v) is 2.00. The van der Waals surface area contributed by atoms with Crippen LogP contribution in [0.4, 0.5) is 0 Å². The summed E-state index contributed by atoms with van der Waals surface area (Å²) in [5.74, 6) is 2.00. The van der Waals surface area contributed by atoms with E-state index in [2.05, 4.69) is 55.3 Å². The van der Waals surface area contributed by atoms with Crippen molar-refractivity contribution in [1.82, 2.24) is 15.5 Å². The third-order valence-corrected chi connectivity index (χ3v) is 3.57. The molecule has 0 fully saturated rings. The minimum Gasteiger partial charge on any atom is -0.484 e. The van der Waals surface area contributed by atoms with Crippen LogP contribution in [0.2, 0.25) is 0 Å². The third kappa shape index (κ3) is 4.56. The molecule has 0 saturated heterocycles. The molecule has 1 heterocycles. The van der Waals surface area contributed by atoms with Gasteiger partial charge in [0.2, 0.25) is 0 Å². The first-order chi connectivity index (χ1) is 10.4. The highest BCUT2D eigenvalue weighted by Gasteiger charge is 2.13. The predicted molar refractivity (Wildman–Crippen MR) is 86.0 cm³/mol. The molecule has 5 nitrogen and oxygen atoms in total. The van der Waals surface area contributed by atoms with Gasteiger partial charge in [-0.05, 0) is 37.1 Å². The van der Waals surface area contributed by atoms with Crippen molar-refractivity contribution in [1.29, 1.82) is 0 Å². The molecule has 2 rings (SSSR count). The van der Waals surface area contributed by atoms with Gasteiger partial charge in [0.25, 0.3) is 5.89 Å². The smallest absolute Gasteiger partial charge is 0.264 e. The number of rotatable bonds is 6. The molecule has 0 amide bonds. The minimum atomic E-state index is 0.143. The second-order valence-electron chi connectivity index (χ2n) is 6.56. The van der Waals surface area contributed by atoms with Crippen LogP contribution in [-0.2, 0) is 18.4 Å². The summed E-state index contributed by atoms with van der Waals surface area (Å²) in [7, 11) is 1.91. The minimum absolute atomic E-state index is 0.143. The lowest BCUT2D eigenvalue weighted by Crippen LogP contribution is -2.24. The first-order valence-corrected chi connectivity index (χ1v) is 7.60. The van der Waals surface area contributed by atoms with Crippen molar-refractivity contribution < 1.29 is 9.26 Å². The molecule has 0 bridgehead atoms. The lowest BCUT2D eigenvalue weighted by Gasteiger charge is -2.19. The van der Waals surface area contributed by atoms with E-state index < -0.39 is 0 Å². The van der Waals surface area contributed by atoms with Crippen LogP contribution in [-0.4, -0.2) is 23.2 Å². The zero-order chi connectivity index (χ0) is 16.2. The molecule has 1 atom stereocenters. The number of aromatic nitrogens is 2. The van der Waals surface area contributed by atoms with E-state index in [1.165, 1.54) is 5.56 Å². The van der Waals surface area contributed by atoms with Crippen LogP contribution in [0.25, 0.3) is 0 Å². The summed E-state index contributed by atoms with van der Waals surface area (Å²) in [6.07, 6.45) is 0.736. The van der Waals surface area contributed by atoms with Gasteiger partial charge in [0.05, 0.1) is 0 Å². The van der Waals surface area contributed by atoms with Crippen molar-refractivity contribution in [3.05, 3.63) is 41.5 Å². The Morgan fingerprint density at radius 1 is 1.23 bits per heavy atom. The second kappa shape index (κ2) is 6.92. The molecule has 1 aromatic carbocycles. The van der Waals surface area contributed by atoms with E-state index in [1.54, 1.807) is 0 Å². The lowest BCUT2D eigenvalue weighted by molar-refractivity contribution is 0.242. The van der Waals surface area contributed by atoms with Gasteiger partial charge in [-0.25, -0.2) is 0 Å². The van der Waals surface area contributed by atoms with Crippen LogP contribution >= 0.6 is 0 Å². The standard InChI is InChI=1S/C17H25N3O2/c1-12(18-5)10-15-19-16(22-20-15)11-21-14-8-6-13(7-9-14)17(2,3)4/h6-9,12,18H,10-11H2,1-5H3. The number of hydrogen-bond acceptors (Lipinski definition) is 5. The van der Waals surface area contributed by atoms with Crippen LogP contribution in [0.15, 0.2) is 28.8 Å². The van der Waals surface area contributed by atoms with Gasteiger partial charge in [0.15, 0.2) is 12.4 Å². The largest absolute Gasteiger partial charge is 0.484 e. The van der Waals surface area contributed by atoms with Crippen LogP contribution in [0.3, 0.4) is 0 Å². The maximum atomic E-state index is 5.69.